The molecule has 1 N–H and O–H groups in total. The molecule has 0 amide bonds. The van der Waals surface area contributed by atoms with Gasteiger partial charge in [-0.15, -0.1) is 5.10 Å². The SMILES string of the molecule is O=C(O)c1ccc2c(c1)nnn2-c1c(Cl)cc(F)cc1Cl. The summed E-state index contributed by atoms with van der Waals surface area (Å²) in [5.41, 5.74) is 1.25. The van der Waals surface area contributed by atoms with Gasteiger partial charge in [-0.3, -0.25) is 0 Å². The Labute approximate surface area is 127 Å². The molecule has 0 aliphatic heterocycles. The largest absolute Gasteiger partial charge is 0.478 e. The van der Waals surface area contributed by atoms with Gasteiger partial charge in [0, 0.05) is 0 Å². The van der Waals surface area contributed by atoms with E-state index in [-0.39, 0.29) is 21.3 Å². The Morgan fingerprint density at radius 1 is 1.19 bits per heavy atom. The van der Waals surface area contributed by atoms with Gasteiger partial charge in [-0.25, -0.2) is 13.9 Å². The molecule has 1 aromatic heterocycles. The summed E-state index contributed by atoms with van der Waals surface area (Å²) in [5, 5.41) is 16.9. The standard InChI is InChI=1S/C13H6Cl2FN3O2/c14-8-4-7(16)5-9(15)12(8)19-11-2-1-6(13(20)21)3-10(11)17-18-19/h1-5H,(H,20,21). The number of fused-ring (bicyclic) bond motifs is 1. The number of carbonyl (C=O) groups is 1. The number of nitrogens with zero attached hydrogens (tertiary/aromatic N) is 3. The Morgan fingerprint density at radius 2 is 1.86 bits per heavy atom. The summed E-state index contributed by atoms with van der Waals surface area (Å²) in [7, 11) is 0. The molecular formula is C13H6Cl2FN3O2. The summed E-state index contributed by atoms with van der Waals surface area (Å²) < 4.78 is 14.6. The van der Waals surface area contributed by atoms with Gasteiger partial charge in [-0.1, -0.05) is 28.4 Å². The zero-order valence-corrected chi connectivity index (χ0v) is 11.7. The lowest BCUT2D eigenvalue weighted by molar-refractivity contribution is 0.0697. The number of benzene rings is 2. The normalized spacial score (nSPS) is 11.0. The summed E-state index contributed by atoms with van der Waals surface area (Å²) in [6.45, 7) is 0. The van der Waals surface area contributed by atoms with Crippen LogP contribution >= 0.6 is 23.2 Å². The van der Waals surface area contributed by atoms with Crippen LogP contribution in [0.3, 0.4) is 0 Å². The molecule has 3 aromatic rings. The van der Waals surface area contributed by atoms with Gasteiger partial charge in [0.05, 0.1) is 21.1 Å². The second-order valence-electron chi connectivity index (χ2n) is 4.23. The minimum atomic E-state index is -1.07. The van der Waals surface area contributed by atoms with Gasteiger partial charge in [0.2, 0.25) is 0 Å². The maximum Gasteiger partial charge on any atom is 0.335 e. The van der Waals surface area contributed by atoms with Crippen molar-refractivity contribution in [3.05, 3.63) is 51.8 Å². The van der Waals surface area contributed by atoms with Crippen LogP contribution in [0.2, 0.25) is 10.0 Å². The molecule has 0 atom stereocenters. The average molecular weight is 326 g/mol. The zero-order chi connectivity index (χ0) is 15.1. The van der Waals surface area contributed by atoms with Crippen LogP contribution in [0.15, 0.2) is 30.3 Å². The Morgan fingerprint density at radius 3 is 2.48 bits per heavy atom. The summed E-state index contributed by atoms with van der Waals surface area (Å²) in [5.74, 6) is -1.63. The van der Waals surface area contributed by atoms with Crippen molar-refractivity contribution in [3.8, 4) is 5.69 Å². The minimum Gasteiger partial charge on any atom is -0.478 e. The molecule has 1 heterocycles. The van der Waals surface area contributed by atoms with E-state index in [0.717, 1.165) is 12.1 Å². The van der Waals surface area contributed by atoms with Crippen molar-refractivity contribution in [3.63, 3.8) is 0 Å². The van der Waals surface area contributed by atoms with E-state index in [0.29, 0.717) is 11.0 Å². The van der Waals surface area contributed by atoms with Crippen molar-refractivity contribution in [2.45, 2.75) is 0 Å². The quantitative estimate of drug-likeness (QED) is 0.782. The highest BCUT2D eigenvalue weighted by atomic mass is 35.5. The molecule has 0 aliphatic rings. The van der Waals surface area contributed by atoms with Crippen LogP contribution in [0, 0.1) is 5.82 Å². The van der Waals surface area contributed by atoms with Crippen molar-refractivity contribution in [1.29, 1.82) is 0 Å². The van der Waals surface area contributed by atoms with Crippen LogP contribution in [-0.2, 0) is 0 Å². The molecule has 2 aromatic carbocycles. The third-order valence-electron chi connectivity index (χ3n) is 2.89. The second-order valence-corrected chi connectivity index (χ2v) is 5.04. The van der Waals surface area contributed by atoms with Gasteiger partial charge in [-0.2, -0.15) is 0 Å². The van der Waals surface area contributed by atoms with Crippen LogP contribution < -0.4 is 0 Å². The predicted molar refractivity (Wildman–Crippen MR) is 75.8 cm³/mol. The molecule has 0 fully saturated rings. The van der Waals surface area contributed by atoms with E-state index in [9.17, 15) is 9.18 Å². The van der Waals surface area contributed by atoms with Gasteiger partial charge in [0.25, 0.3) is 0 Å². The molecular weight excluding hydrogens is 320 g/mol. The Bertz CT molecular complexity index is 856. The molecule has 0 saturated heterocycles. The molecule has 5 nitrogen and oxygen atoms in total. The molecule has 0 aliphatic carbocycles. The van der Waals surface area contributed by atoms with Crippen LogP contribution in [-0.4, -0.2) is 26.1 Å². The van der Waals surface area contributed by atoms with Gasteiger partial charge in [0.15, 0.2) is 0 Å². The van der Waals surface area contributed by atoms with Crippen molar-refractivity contribution in [1.82, 2.24) is 15.0 Å². The molecule has 106 valence electrons. The minimum absolute atomic E-state index is 0.0779. The van der Waals surface area contributed by atoms with E-state index < -0.39 is 11.8 Å². The number of aromatic nitrogens is 3. The predicted octanol–water partition coefficient (Wildman–Crippen LogP) is 3.56. The van der Waals surface area contributed by atoms with E-state index in [1.165, 1.54) is 22.9 Å². The summed E-state index contributed by atoms with van der Waals surface area (Å²) in [6, 6.07) is 6.56. The van der Waals surface area contributed by atoms with Crippen molar-refractivity contribution in [2.75, 3.05) is 0 Å². The topological polar surface area (TPSA) is 68.0 Å². The maximum absolute atomic E-state index is 13.2. The Hall–Kier alpha value is -2.18. The molecule has 3 rings (SSSR count). The first-order valence-corrected chi connectivity index (χ1v) is 6.46. The molecule has 0 radical (unpaired) electrons. The van der Waals surface area contributed by atoms with E-state index in [1.54, 1.807) is 0 Å². The third kappa shape index (κ3) is 2.32. The van der Waals surface area contributed by atoms with E-state index >= 15 is 0 Å². The highest BCUT2D eigenvalue weighted by Crippen LogP contribution is 2.31. The first-order valence-electron chi connectivity index (χ1n) is 5.71. The molecule has 0 saturated carbocycles. The van der Waals surface area contributed by atoms with E-state index in [2.05, 4.69) is 10.3 Å². The van der Waals surface area contributed by atoms with Crippen LogP contribution in [0.25, 0.3) is 16.7 Å². The lowest BCUT2D eigenvalue weighted by atomic mass is 10.2. The third-order valence-corrected chi connectivity index (χ3v) is 3.46. The smallest absolute Gasteiger partial charge is 0.335 e. The fraction of sp³-hybridized carbons (Fsp3) is 0. The molecule has 21 heavy (non-hydrogen) atoms. The monoisotopic (exact) mass is 325 g/mol. The van der Waals surface area contributed by atoms with Crippen LogP contribution in [0.5, 0.6) is 0 Å². The first kappa shape index (κ1) is 13.8. The van der Waals surface area contributed by atoms with Crippen molar-refractivity contribution >= 4 is 40.2 Å². The molecule has 0 unspecified atom stereocenters. The number of rotatable bonds is 2. The van der Waals surface area contributed by atoms with Crippen molar-refractivity contribution < 1.29 is 14.3 Å². The average Bonchev–Trinajstić information content (AvgIpc) is 2.80. The van der Waals surface area contributed by atoms with Crippen molar-refractivity contribution in [2.24, 2.45) is 0 Å². The number of carboxylic acid groups (broad SMARTS) is 1. The zero-order valence-electron chi connectivity index (χ0n) is 10.2. The molecule has 0 bridgehead atoms. The van der Waals surface area contributed by atoms with Gasteiger partial charge >= 0.3 is 5.97 Å². The van der Waals surface area contributed by atoms with Gasteiger partial charge < -0.3 is 5.11 Å². The molecule has 8 heteroatoms. The lowest BCUT2D eigenvalue weighted by Gasteiger charge is -2.07. The van der Waals surface area contributed by atoms with Gasteiger partial charge in [0.1, 0.15) is 17.0 Å². The van der Waals surface area contributed by atoms with Crippen LogP contribution in [0.4, 0.5) is 4.39 Å². The highest BCUT2D eigenvalue weighted by Gasteiger charge is 2.16. The number of aromatic carboxylic acids is 1. The number of hydrogen-bond donors (Lipinski definition) is 1. The fourth-order valence-electron chi connectivity index (χ4n) is 1.96. The Balaban J connectivity index is 2.25. The fourth-order valence-corrected chi connectivity index (χ4v) is 2.58. The summed E-state index contributed by atoms with van der Waals surface area (Å²) in [4.78, 5) is 10.9. The van der Waals surface area contributed by atoms with Crippen LogP contribution in [0.1, 0.15) is 10.4 Å². The first-order chi connectivity index (χ1) is 9.97. The summed E-state index contributed by atoms with van der Waals surface area (Å²) >= 11 is 12.0. The summed E-state index contributed by atoms with van der Waals surface area (Å²) in [6.07, 6.45) is 0. The maximum atomic E-state index is 13.2. The molecule has 0 spiro atoms. The Kier molecular flexibility index (Phi) is 3.27. The highest BCUT2D eigenvalue weighted by molar-refractivity contribution is 6.37. The number of hydrogen-bond acceptors (Lipinski definition) is 3. The van der Waals surface area contributed by atoms with Gasteiger partial charge in [-0.05, 0) is 30.3 Å². The second kappa shape index (κ2) is 4.98. The lowest BCUT2D eigenvalue weighted by Crippen LogP contribution is -2.00. The number of carboxylic acids is 1. The van der Waals surface area contributed by atoms with E-state index in [4.69, 9.17) is 28.3 Å². The number of halogens is 3. The van der Waals surface area contributed by atoms with E-state index in [1.807, 2.05) is 0 Å².